The van der Waals surface area contributed by atoms with E-state index in [1.807, 2.05) is 0 Å². The number of benzene rings is 1. The van der Waals surface area contributed by atoms with Crippen molar-refractivity contribution in [1.29, 1.82) is 0 Å². The van der Waals surface area contributed by atoms with Crippen LogP contribution < -0.4 is 5.73 Å². The van der Waals surface area contributed by atoms with Crippen molar-refractivity contribution in [1.82, 2.24) is 4.90 Å². The van der Waals surface area contributed by atoms with Crippen molar-refractivity contribution in [3.63, 3.8) is 0 Å². The summed E-state index contributed by atoms with van der Waals surface area (Å²) in [6.45, 7) is 12.6. The largest absolute Gasteiger partial charge is 0.329 e. The molecule has 2 nitrogen and oxygen atoms in total. The SMILES string of the molecule is CC(c1ccccc1)C(CN)N1CCC(C(C)(C)C)CC1. The maximum absolute atomic E-state index is 6.12. The van der Waals surface area contributed by atoms with Crippen LogP contribution in [0.15, 0.2) is 30.3 Å². The van der Waals surface area contributed by atoms with Gasteiger partial charge in [0.2, 0.25) is 0 Å². The van der Waals surface area contributed by atoms with Gasteiger partial charge in [0, 0.05) is 12.6 Å². The molecule has 1 heterocycles. The third-order valence-corrected chi connectivity index (χ3v) is 5.37. The predicted molar refractivity (Wildman–Crippen MR) is 91.5 cm³/mol. The predicted octanol–water partition coefficient (Wildman–Crippen LogP) is 3.88. The van der Waals surface area contributed by atoms with Crippen molar-refractivity contribution in [2.45, 2.75) is 52.5 Å². The van der Waals surface area contributed by atoms with Crippen molar-refractivity contribution in [2.24, 2.45) is 17.1 Å². The van der Waals surface area contributed by atoms with Crippen LogP contribution in [0.1, 0.15) is 52.0 Å². The second kappa shape index (κ2) is 6.93. The van der Waals surface area contributed by atoms with E-state index in [1.165, 1.54) is 31.5 Å². The highest BCUT2D eigenvalue weighted by molar-refractivity contribution is 5.20. The van der Waals surface area contributed by atoms with Gasteiger partial charge < -0.3 is 5.73 Å². The Hall–Kier alpha value is -0.860. The van der Waals surface area contributed by atoms with Crippen molar-refractivity contribution >= 4 is 0 Å². The van der Waals surface area contributed by atoms with E-state index in [9.17, 15) is 0 Å². The van der Waals surface area contributed by atoms with Gasteiger partial charge in [-0.15, -0.1) is 0 Å². The molecule has 1 fully saturated rings. The molecule has 2 rings (SSSR count). The highest BCUT2D eigenvalue weighted by atomic mass is 15.2. The van der Waals surface area contributed by atoms with E-state index >= 15 is 0 Å². The number of hydrogen-bond acceptors (Lipinski definition) is 2. The fourth-order valence-corrected chi connectivity index (χ4v) is 3.75. The first-order valence-electron chi connectivity index (χ1n) is 8.42. The Labute approximate surface area is 130 Å². The van der Waals surface area contributed by atoms with E-state index in [0.29, 0.717) is 17.4 Å². The van der Waals surface area contributed by atoms with Crippen LogP contribution in [-0.2, 0) is 0 Å². The monoisotopic (exact) mass is 288 g/mol. The molecule has 118 valence electrons. The van der Waals surface area contributed by atoms with Gasteiger partial charge in [-0.05, 0) is 48.7 Å². The molecule has 21 heavy (non-hydrogen) atoms. The number of nitrogens with zero attached hydrogens (tertiary/aromatic N) is 1. The van der Waals surface area contributed by atoms with Crippen LogP contribution in [0.4, 0.5) is 0 Å². The second-order valence-electron chi connectivity index (χ2n) is 7.68. The molecule has 0 saturated carbocycles. The summed E-state index contributed by atoms with van der Waals surface area (Å²) < 4.78 is 0. The zero-order valence-corrected chi connectivity index (χ0v) is 14.2. The van der Waals surface area contributed by atoms with Crippen LogP contribution in [0.2, 0.25) is 0 Å². The van der Waals surface area contributed by atoms with Crippen LogP contribution in [0, 0.1) is 11.3 Å². The summed E-state index contributed by atoms with van der Waals surface area (Å²) in [6, 6.07) is 11.3. The van der Waals surface area contributed by atoms with Crippen LogP contribution in [0.25, 0.3) is 0 Å². The molecule has 2 atom stereocenters. The summed E-state index contributed by atoms with van der Waals surface area (Å²) in [5, 5.41) is 0. The third-order valence-electron chi connectivity index (χ3n) is 5.37. The maximum atomic E-state index is 6.12. The summed E-state index contributed by atoms with van der Waals surface area (Å²) in [5.74, 6) is 1.35. The van der Waals surface area contributed by atoms with Gasteiger partial charge >= 0.3 is 0 Å². The Bertz CT molecular complexity index is 413. The molecule has 2 heteroatoms. The van der Waals surface area contributed by atoms with Crippen molar-refractivity contribution in [2.75, 3.05) is 19.6 Å². The van der Waals surface area contributed by atoms with E-state index in [0.717, 1.165) is 12.5 Å². The van der Waals surface area contributed by atoms with E-state index in [4.69, 9.17) is 5.73 Å². The van der Waals surface area contributed by atoms with Gasteiger partial charge in [0.25, 0.3) is 0 Å². The van der Waals surface area contributed by atoms with Gasteiger partial charge in [-0.25, -0.2) is 0 Å². The minimum Gasteiger partial charge on any atom is -0.329 e. The van der Waals surface area contributed by atoms with Crippen molar-refractivity contribution in [3.8, 4) is 0 Å². The Morgan fingerprint density at radius 1 is 1.14 bits per heavy atom. The first-order chi connectivity index (χ1) is 9.93. The summed E-state index contributed by atoms with van der Waals surface area (Å²) in [4.78, 5) is 2.62. The number of nitrogens with two attached hydrogens (primary N) is 1. The standard InChI is InChI=1S/C19H32N2/c1-15(16-8-6-5-7-9-16)18(14-20)21-12-10-17(11-13-21)19(2,3)4/h5-9,15,17-18H,10-14,20H2,1-4H3. The van der Waals surface area contributed by atoms with Crippen LogP contribution in [0.3, 0.4) is 0 Å². The molecule has 0 aromatic heterocycles. The van der Waals surface area contributed by atoms with E-state index in [-0.39, 0.29) is 0 Å². The summed E-state index contributed by atoms with van der Waals surface area (Å²) in [5.41, 5.74) is 7.97. The molecule has 2 N–H and O–H groups in total. The van der Waals surface area contributed by atoms with E-state index in [1.54, 1.807) is 0 Å². The quantitative estimate of drug-likeness (QED) is 0.911. The molecule has 1 aromatic rings. The minimum absolute atomic E-state index is 0.440. The summed E-state index contributed by atoms with van der Waals surface area (Å²) >= 11 is 0. The maximum Gasteiger partial charge on any atom is 0.0284 e. The average Bonchev–Trinajstić information content (AvgIpc) is 2.48. The molecule has 1 aliphatic heterocycles. The number of likely N-dealkylation sites (tertiary alicyclic amines) is 1. The normalized spacial score (nSPS) is 21.2. The Kier molecular flexibility index (Phi) is 5.45. The van der Waals surface area contributed by atoms with Gasteiger partial charge in [0.05, 0.1) is 0 Å². The Morgan fingerprint density at radius 3 is 2.19 bits per heavy atom. The Balaban J connectivity index is 2.00. The molecule has 0 aliphatic carbocycles. The highest BCUT2D eigenvalue weighted by Gasteiger charge is 2.32. The van der Waals surface area contributed by atoms with Crippen molar-refractivity contribution in [3.05, 3.63) is 35.9 Å². The first-order valence-corrected chi connectivity index (χ1v) is 8.42. The molecule has 1 saturated heterocycles. The lowest BCUT2D eigenvalue weighted by atomic mass is 9.75. The summed E-state index contributed by atoms with van der Waals surface area (Å²) in [7, 11) is 0. The molecule has 0 bridgehead atoms. The molecule has 1 aromatic carbocycles. The number of hydrogen-bond donors (Lipinski definition) is 1. The first kappa shape index (κ1) is 16.5. The smallest absolute Gasteiger partial charge is 0.0284 e. The third kappa shape index (κ3) is 4.08. The fraction of sp³-hybridized carbons (Fsp3) is 0.684. The molecule has 0 amide bonds. The number of piperidine rings is 1. The highest BCUT2D eigenvalue weighted by Crippen LogP contribution is 2.36. The molecule has 0 radical (unpaired) electrons. The molecule has 1 aliphatic rings. The van der Waals surface area contributed by atoms with Crippen LogP contribution in [-0.4, -0.2) is 30.6 Å². The topological polar surface area (TPSA) is 29.3 Å². The molecular weight excluding hydrogens is 256 g/mol. The average molecular weight is 288 g/mol. The van der Waals surface area contributed by atoms with E-state index < -0.39 is 0 Å². The van der Waals surface area contributed by atoms with Crippen LogP contribution in [0.5, 0.6) is 0 Å². The van der Waals surface area contributed by atoms with Gasteiger partial charge in [-0.1, -0.05) is 58.0 Å². The lowest BCUT2D eigenvalue weighted by molar-refractivity contribution is 0.0771. The van der Waals surface area contributed by atoms with Crippen LogP contribution >= 0.6 is 0 Å². The zero-order chi connectivity index (χ0) is 15.5. The second-order valence-corrected chi connectivity index (χ2v) is 7.68. The fourth-order valence-electron chi connectivity index (χ4n) is 3.75. The molecule has 2 unspecified atom stereocenters. The minimum atomic E-state index is 0.440. The van der Waals surface area contributed by atoms with Gasteiger partial charge in [-0.3, -0.25) is 4.90 Å². The van der Waals surface area contributed by atoms with Gasteiger partial charge in [0.15, 0.2) is 0 Å². The molecule has 0 spiro atoms. The molecular formula is C19H32N2. The van der Waals surface area contributed by atoms with Crippen molar-refractivity contribution < 1.29 is 0 Å². The van der Waals surface area contributed by atoms with E-state index in [2.05, 4.69) is 62.9 Å². The lowest BCUT2D eigenvalue weighted by Gasteiger charge is -2.43. The van der Waals surface area contributed by atoms with Gasteiger partial charge in [0.1, 0.15) is 0 Å². The number of rotatable bonds is 4. The van der Waals surface area contributed by atoms with Gasteiger partial charge in [-0.2, -0.15) is 0 Å². The lowest BCUT2D eigenvalue weighted by Crippen LogP contribution is -2.49. The zero-order valence-electron chi connectivity index (χ0n) is 14.2. The Morgan fingerprint density at radius 2 is 1.71 bits per heavy atom. The summed E-state index contributed by atoms with van der Waals surface area (Å²) in [6.07, 6.45) is 2.61.